The van der Waals surface area contributed by atoms with E-state index in [9.17, 15) is 0 Å². The van der Waals surface area contributed by atoms with E-state index in [1.165, 1.54) is 11.1 Å². The molecule has 0 saturated heterocycles. The highest BCUT2D eigenvalue weighted by Gasteiger charge is 2.18. The number of rotatable bonds is 4. The molecule has 0 amide bonds. The minimum absolute atomic E-state index is 0.709. The van der Waals surface area contributed by atoms with Crippen LogP contribution >= 0.6 is 0 Å². The van der Waals surface area contributed by atoms with Crippen molar-refractivity contribution >= 4 is 11.8 Å². The third-order valence-corrected chi connectivity index (χ3v) is 3.52. The van der Waals surface area contributed by atoms with Gasteiger partial charge in [-0.3, -0.25) is 0 Å². The van der Waals surface area contributed by atoms with Crippen molar-refractivity contribution in [3.8, 4) is 0 Å². The van der Waals surface area contributed by atoms with E-state index in [1.807, 2.05) is 0 Å². The number of benzene rings is 1. The normalized spacial score (nSPS) is 13.9. The zero-order chi connectivity index (χ0) is 13.8. The summed E-state index contributed by atoms with van der Waals surface area (Å²) in [5.74, 6) is 1.51. The second kappa shape index (κ2) is 5.86. The summed E-state index contributed by atoms with van der Waals surface area (Å²) >= 11 is 0. The van der Waals surface area contributed by atoms with Gasteiger partial charge in [-0.05, 0) is 24.0 Å². The highest BCUT2D eigenvalue weighted by molar-refractivity contribution is 5.43. The molecule has 0 unspecified atom stereocenters. The van der Waals surface area contributed by atoms with Crippen LogP contribution in [0.2, 0.25) is 0 Å². The monoisotopic (exact) mass is 269 g/mol. The maximum Gasteiger partial charge on any atom is 0.247 e. The van der Waals surface area contributed by atoms with Gasteiger partial charge in [-0.1, -0.05) is 31.2 Å². The summed E-state index contributed by atoms with van der Waals surface area (Å²) < 4.78 is 0. The Bertz CT molecular complexity index is 584. The second-order valence-corrected chi connectivity index (χ2v) is 5.01. The van der Waals surface area contributed by atoms with Gasteiger partial charge >= 0.3 is 0 Å². The maximum atomic E-state index is 4.55. The number of anilines is 2. The molecule has 0 fully saturated rings. The molecule has 1 aromatic carbocycles. The Hall–Kier alpha value is -2.17. The summed E-state index contributed by atoms with van der Waals surface area (Å²) in [4.78, 5) is 6.74. The van der Waals surface area contributed by atoms with Gasteiger partial charge in [-0.15, -0.1) is 5.10 Å². The van der Waals surface area contributed by atoms with Crippen molar-refractivity contribution in [2.24, 2.45) is 0 Å². The van der Waals surface area contributed by atoms with Gasteiger partial charge in [0.2, 0.25) is 5.95 Å². The quantitative estimate of drug-likeness (QED) is 0.922. The van der Waals surface area contributed by atoms with Crippen LogP contribution < -0.4 is 10.2 Å². The van der Waals surface area contributed by atoms with Gasteiger partial charge in [0.05, 0.1) is 6.20 Å². The first kappa shape index (κ1) is 12.8. The third-order valence-electron chi connectivity index (χ3n) is 3.52. The van der Waals surface area contributed by atoms with Crippen LogP contribution in [-0.4, -0.2) is 28.3 Å². The van der Waals surface area contributed by atoms with Crippen molar-refractivity contribution in [1.82, 2.24) is 15.2 Å². The molecule has 5 nitrogen and oxygen atoms in total. The molecule has 0 spiro atoms. The molecule has 0 atom stereocenters. The molecule has 2 aromatic rings. The van der Waals surface area contributed by atoms with Gasteiger partial charge in [0.25, 0.3) is 0 Å². The molecular formula is C15H19N5. The molecule has 104 valence electrons. The first-order valence-electron chi connectivity index (χ1n) is 7.12. The summed E-state index contributed by atoms with van der Waals surface area (Å²) in [7, 11) is 0. The number of nitrogens with zero attached hydrogens (tertiary/aromatic N) is 4. The highest BCUT2D eigenvalue weighted by Crippen LogP contribution is 2.21. The smallest absolute Gasteiger partial charge is 0.247 e. The van der Waals surface area contributed by atoms with Gasteiger partial charge in [-0.2, -0.15) is 10.1 Å². The van der Waals surface area contributed by atoms with E-state index in [0.29, 0.717) is 5.95 Å². The van der Waals surface area contributed by atoms with Gasteiger partial charge in [0.1, 0.15) is 0 Å². The van der Waals surface area contributed by atoms with Crippen molar-refractivity contribution in [2.45, 2.75) is 26.3 Å². The molecule has 1 N–H and O–H groups in total. The minimum atomic E-state index is 0.709. The second-order valence-electron chi connectivity index (χ2n) is 5.01. The molecule has 20 heavy (non-hydrogen) atoms. The van der Waals surface area contributed by atoms with Gasteiger partial charge in [0.15, 0.2) is 5.82 Å². The third kappa shape index (κ3) is 2.71. The fraction of sp³-hybridized carbons (Fsp3) is 0.400. The van der Waals surface area contributed by atoms with Crippen LogP contribution in [0.5, 0.6) is 0 Å². The summed E-state index contributed by atoms with van der Waals surface area (Å²) in [6, 6.07) is 8.56. The average molecular weight is 269 g/mol. The molecule has 5 heteroatoms. The number of fused-ring (bicyclic) bond motifs is 1. The van der Waals surface area contributed by atoms with Crippen LogP contribution in [0.1, 0.15) is 24.5 Å². The number of nitrogens with one attached hydrogen (secondary N) is 1. The SMILES string of the molecule is CCCNc1cnnc(N2CCc3ccccc3C2)n1. The molecule has 0 radical (unpaired) electrons. The van der Waals surface area contributed by atoms with E-state index < -0.39 is 0 Å². The lowest BCUT2D eigenvalue weighted by Gasteiger charge is -2.28. The first-order valence-corrected chi connectivity index (χ1v) is 7.12. The van der Waals surface area contributed by atoms with Gasteiger partial charge in [0, 0.05) is 19.6 Å². The minimum Gasteiger partial charge on any atom is -0.369 e. The van der Waals surface area contributed by atoms with E-state index >= 15 is 0 Å². The molecule has 1 aliphatic rings. The number of hydrogen-bond donors (Lipinski definition) is 1. The summed E-state index contributed by atoms with van der Waals surface area (Å²) in [5.41, 5.74) is 2.78. The fourth-order valence-corrected chi connectivity index (χ4v) is 2.43. The first-order chi connectivity index (χ1) is 9.86. The highest BCUT2D eigenvalue weighted by atomic mass is 15.3. The van der Waals surface area contributed by atoms with Gasteiger partial charge in [-0.25, -0.2) is 0 Å². The lowest BCUT2D eigenvalue weighted by Crippen LogP contribution is -2.32. The average Bonchev–Trinajstić information content (AvgIpc) is 2.53. The Kier molecular flexibility index (Phi) is 3.76. The maximum absolute atomic E-state index is 4.55. The number of aromatic nitrogens is 3. The van der Waals surface area contributed by atoms with Crippen LogP contribution in [0.15, 0.2) is 30.5 Å². The van der Waals surface area contributed by atoms with E-state index in [2.05, 4.69) is 56.6 Å². The predicted octanol–water partition coefficient (Wildman–Crippen LogP) is 2.26. The molecule has 1 aliphatic heterocycles. The molecule has 1 aromatic heterocycles. The van der Waals surface area contributed by atoms with Gasteiger partial charge < -0.3 is 10.2 Å². The molecular weight excluding hydrogens is 250 g/mol. The number of hydrogen-bond acceptors (Lipinski definition) is 5. The van der Waals surface area contributed by atoms with E-state index in [4.69, 9.17) is 0 Å². The fourth-order valence-electron chi connectivity index (χ4n) is 2.43. The molecule has 2 heterocycles. The van der Waals surface area contributed by atoms with Crippen molar-refractivity contribution in [3.05, 3.63) is 41.6 Å². The Labute approximate surface area is 119 Å². The van der Waals surface area contributed by atoms with E-state index in [-0.39, 0.29) is 0 Å². The largest absolute Gasteiger partial charge is 0.369 e. The Morgan fingerprint density at radius 2 is 2.10 bits per heavy atom. The zero-order valence-corrected chi connectivity index (χ0v) is 11.7. The predicted molar refractivity (Wildman–Crippen MR) is 79.8 cm³/mol. The molecule has 0 saturated carbocycles. The van der Waals surface area contributed by atoms with Crippen LogP contribution in [0.3, 0.4) is 0 Å². The Morgan fingerprint density at radius 3 is 2.95 bits per heavy atom. The summed E-state index contributed by atoms with van der Waals surface area (Å²) in [5, 5.41) is 11.5. The molecule has 0 aliphatic carbocycles. The van der Waals surface area contributed by atoms with Crippen LogP contribution in [0.4, 0.5) is 11.8 Å². The van der Waals surface area contributed by atoms with E-state index in [1.54, 1.807) is 6.20 Å². The lowest BCUT2D eigenvalue weighted by atomic mass is 10.0. The summed E-state index contributed by atoms with van der Waals surface area (Å²) in [6.07, 6.45) is 3.78. The van der Waals surface area contributed by atoms with Crippen molar-refractivity contribution in [2.75, 3.05) is 23.3 Å². The standard InChI is InChI=1S/C15H19N5/c1-2-8-16-14-10-17-19-15(18-14)20-9-7-12-5-3-4-6-13(12)11-20/h3-6,10H,2,7-9,11H2,1H3,(H,16,18,19). The molecule has 3 rings (SSSR count). The van der Waals surface area contributed by atoms with Crippen molar-refractivity contribution in [3.63, 3.8) is 0 Å². The van der Waals surface area contributed by atoms with E-state index in [0.717, 1.165) is 38.3 Å². The Balaban J connectivity index is 1.77. The van der Waals surface area contributed by atoms with Crippen LogP contribution in [0.25, 0.3) is 0 Å². The van der Waals surface area contributed by atoms with Crippen molar-refractivity contribution in [1.29, 1.82) is 0 Å². The summed E-state index contributed by atoms with van der Waals surface area (Å²) in [6.45, 7) is 4.83. The molecule has 0 bridgehead atoms. The van der Waals surface area contributed by atoms with Crippen LogP contribution in [-0.2, 0) is 13.0 Å². The van der Waals surface area contributed by atoms with Crippen molar-refractivity contribution < 1.29 is 0 Å². The lowest BCUT2D eigenvalue weighted by molar-refractivity contribution is 0.697. The van der Waals surface area contributed by atoms with Crippen LogP contribution in [0, 0.1) is 0 Å². The zero-order valence-electron chi connectivity index (χ0n) is 11.7. The Morgan fingerprint density at radius 1 is 1.25 bits per heavy atom. The topological polar surface area (TPSA) is 53.9 Å².